The van der Waals surface area contributed by atoms with Crippen LogP contribution in [0.25, 0.3) is 0 Å². The maximum absolute atomic E-state index is 10.1. The zero-order valence-electron chi connectivity index (χ0n) is 6.56. The van der Waals surface area contributed by atoms with Gasteiger partial charge in [0.25, 0.3) is 0 Å². The van der Waals surface area contributed by atoms with E-state index in [9.17, 15) is 4.79 Å². The van der Waals surface area contributed by atoms with Crippen molar-refractivity contribution in [2.75, 3.05) is 0 Å². The molecule has 0 spiro atoms. The summed E-state index contributed by atoms with van der Waals surface area (Å²) in [6.45, 7) is 0. The fourth-order valence-electron chi connectivity index (χ4n) is 0.585. The lowest BCUT2D eigenvalue weighted by Gasteiger charge is -1.88. The first-order valence-corrected chi connectivity index (χ1v) is 3.40. The molecule has 0 bridgehead atoms. The summed E-state index contributed by atoms with van der Waals surface area (Å²) in [5.41, 5.74) is 0. The molecule has 1 aromatic heterocycles. The van der Waals surface area contributed by atoms with Crippen LogP contribution in [0, 0.1) is 11.8 Å². The minimum atomic E-state index is -0.994. The van der Waals surface area contributed by atoms with Gasteiger partial charge < -0.3 is 10.2 Å². The third kappa shape index (κ3) is 3.20. The van der Waals surface area contributed by atoms with E-state index in [0.29, 0.717) is 0 Å². The molecule has 66 valence electrons. The van der Waals surface area contributed by atoms with Crippen molar-refractivity contribution in [1.29, 1.82) is 0 Å². The van der Waals surface area contributed by atoms with E-state index < -0.39 is 5.97 Å². The lowest BCUT2D eigenvalue weighted by molar-refractivity contribution is -0.135. The number of aromatic hydroxyl groups is 1. The summed E-state index contributed by atoms with van der Waals surface area (Å²) >= 11 is 0. The van der Waals surface area contributed by atoms with Crippen molar-refractivity contribution in [2.45, 2.75) is 6.42 Å². The fourth-order valence-corrected chi connectivity index (χ4v) is 0.585. The van der Waals surface area contributed by atoms with Crippen LogP contribution in [-0.4, -0.2) is 26.2 Å². The Morgan fingerprint density at radius 2 is 2.08 bits per heavy atom. The van der Waals surface area contributed by atoms with Crippen LogP contribution >= 0.6 is 0 Å². The van der Waals surface area contributed by atoms with Gasteiger partial charge in [0.1, 0.15) is 6.42 Å². The molecule has 1 aromatic rings. The average Bonchev–Trinajstić information content (AvgIpc) is 2.08. The van der Waals surface area contributed by atoms with Crippen molar-refractivity contribution in [2.24, 2.45) is 0 Å². The average molecular weight is 178 g/mol. The number of aliphatic carboxylic acids is 1. The van der Waals surface area contributed by atoms with E-state index in [2.05, 4.69) is 21.8 Å². The van der Waals surface area contributed by atoms with Gasteiger partial charge in [-0.05, 0) is 5.92 Å². The second-order valence-corrected chi connectivity index (χ2v) is 2.14. The number of carboxylic acid groups (broad SMARTS) is 1. The monoisotopic (exact) mass is 178 g/mol. The lowest BCUT2D eigenvalue weighted by Crippen LogP contribution is -1.91. The Bertz CT molecular complexity index is 361. The van der Waals surface area contributed by atoms with E-state index >= 15 is 0 Å². The fraction of sp³-hybridized carbons (Fsp3) is 0.125. The van der Waals surface area contributed by atoms with Crippen molar-refractivity contribution in [3.63, 3.8) is 0 Å². The summed E-state index contributed by atoms with van der Waals surface area (Å²) in [6, 6.07) is 0. The highest BCUT2D eigenvalue weighted by Crippen LogP contribution is 2.00. The Kier molecular flexibility index (Phi) is 2.82. The number of hydrogen-bond acceptors (Lipinski definition) is 4. The third-order valence-electron chi connectivity index (χ3n) is 1.08. The summed E-state index contributed by atoms with van der Waals surface area (Å²) < 4.78 is 0. The van der Waals surface area contributed by atoms with Gasteiger partial charge in [0, 0.05) is 0 Å². The van der Waals surface area contributed by atoms with Crippen LogP contribution < -0.4 is 0 Å². The van der Waals surface area contributed by atoms with Gasteiger partial charge in [0.2, 0.25) is 5.82 Å². The van der Waals surface area contributed by atoms with Crippen molar-refractivity contribution >= 4 is 5.97 Å². The van der Waals surface area contributed by atoms with Crippen LogP contribution in [0.2, 0.25) is 0 Å². The molecule has 5 heteroatoms. The minimum absolute atomic E-state index is 0.0521. The smallest absolute Gasteiger partial charge is 0.315 e. The molecule has 0 unspecified atom stereocenters. The maximum atomic E-state index is 10.1. The number of carbonyl (C=O) groups is 1. The Labute approximate surface area is 74.1 Å². The van der Waals surface area contributed by atoms with Gasteiger partial charge in [-0.15, -0.1) is 0 Å². The van der Waals surface area contributed by atoms with E-state index in [1.54, 1.807) is 0 Å². The number of carboxylic acids is 1. The van der Waals surface area contributed by atoms with E-state index in [0.717, 1.165) is 0 Å². The van der Waals surface area contributed by atoms with Crippen molar-refractivity contribution < 1.29 is 15.0 Å². The molecule has 0 amide bonds. The molecule has 0 saturated carbocycles. The summed E-state index contributed by atoms with van der Waals surface area (Å²) in [5, 5.41) is 17.1. The van der Waals surface area contributed by atoms with E-state index in [1.807, 2.05) is 0 Å². The van der Waals surface area contributed by atoms with Crippen molar-refractivity contribution in [3.8, 4) is 17.6 Å². The van der Waals surface area contributed by atoms with Crippen LogP contribution in [0.1, 0.15) is 12.2 Å². The number of nitrogens with zero attached hydrogens (tertiary/aromatic N) is 2. The highest BCUT2D eigenvalue weighted by molar-refractivity contribution is 5.70. The largest absolute Gasteiger partial charge is 0.505 e. The molecule has 2 N–H and O–H groups in total. The van der Waals surface area contributed by atoms with Crippen LogP contribution in [0.4, 0.5) is 0 Å². The molecular weight excluding hydrogens is 172 g/mol. The molecule has 1 rings (SSSR count). The standard InChI is InChI=1S/C8H6N2O3/c11-6-4-9-7(10-5-6)2-1-3-8(12)13/h4-5,11H,3H2,(H,12,13). The number of rotatable bonds is 1. The molecule has 5 nitrogen and oxygen atoms in total. The van der Waals surface area contributed by atoms with Gasteiger partial charge in [-0.1, -0.05) is 5.92 Å². The molecule has 0 aliphatic heterocycles. The number of aromatic nitrogens is 2. The predicted molar refractivity (Wildman–Crippen MR) is 42.8 cm³/mol. The van der Waals surface area contributed by atoms with Gasteiger partial charge in [-0.3, -0.25) is 4.79 Å². The molecule has 13 heavy (non-hydrogen) atoms. The number of hydrogen-bond donors (Lipinski definition) is 2. The first-order valence-electron chi connectivity index (χ1n) is 3.40. The molecule has 0 saturated heterocycles. The zero-order valence-corrected chi connectivity index (χ0v) is 6.56. The van der Waals surface area contributed by atoms with E-state index in [-0.39, 0.29) is 18.0 Å². The summed E-state index contributed by atoms with van der Waals surface area (Å²) in [7, 11) is 0. The zero-order chi connectivity index (χ0) is 9.68. The summed E-state index contributed by atoms with van der Waals surface area (Å²) in [4.78, 5) is 17.4. The van der Waals surface area contributed by atoms with Gasteiger partial charge in [-0.2, -0.15) is 0 Å². The second kappa shape index (κ2) is 4.07. The van der Waals surface area contributed by atoms with Gasteiger partial charge >= 0.3 is 5.97 Å². The van der Waals surface area contributed by atoms with Crippen LogP contribution in [-0.2, 0) is 4.79 Å². The van der Waals surface area contributed by atoms with E-state index in [1.165, 1.54) is 12.4 Å². The summed E-state index contributed by atoms with van der Waals surface area (Å²) in [6.07, 6.45) is 2.14. The highest BCUT2D eigenvalue weighted by Gasteiger charge is 1.92. The molecule has 1 heterocycles. The first kappa shape index (κ1) is 9.00. The van der Waals surface area contributed by atoms with Gasteiger partial charge in [0.15, 0.2) is 5.75 Å². The third-order valence-corrected chi connectivity index (χ3v) is 1.08. The Balaban J connectivity index is 2.67. The predicted octanol–water partition coefficient (Wildman–Crippen LogP) is 0.00840. The molecule has 0 aliphatic carbocycles. The molecular formula is C8H6N2O3. The van der Waals surface area contributed by atoms with Crippen LogP contribution in [0.3, 0.4) is 0 Å². The quantitative estimate of drug-likeness (QED) is 0.592. The van der Waals surface area contributed by atoms with E-state index in [4.69, 9.17) is 10.2 Å². The molecule has 0 aromatic carbocycles. The Hall–Kier alpha value is -2.09. The Morgan fingerprint density at radius 1 is 1.46 bits per heavy atom. The molecule has 0 fully saturated rings. The lowest BCUT2D eigenvalue weighted by atomic mass is 10.4. The molecule has 0 radical (unpaired) electrons. The maximum Gasteiger partial charge on any atom is 0.315 e. The van der Waals surface area contributed by atoms with Gasteiger partial charge in [-0.25, -0.2) is 9.97 Å². The van der Waals surface area contributed by atoms with Gasteiger partial charge in [0.05, 0.1) is 12.4 Å². The second-order valence-electron chi connectivity index (χ2n) is 2.14. The SMILES string of the molecule is O=C(O)CC#Cc1ncc(O)cn1. The normalized spacial score (nSPS) is 8.62. The van der Waals surface area contributed by atoms with Crippen LogP contribution in [0.5, 0.6) is 5.75 Å². The Morgan fingerprint density at radius 3 is 2.62 bits per heavy atom. The molecule has 0 atom stereocenters. The highest BCUT2D eigenvalue weighted by atomic mass is 16.4. The van der Waals surface area contributed by atoms with Crippen LogP contribution in [0.15, 0.2) is 12.4 Å². The first-order chi connectivity index (χ1) is 6.18. The minimum Gasteiger partial charge on any atom is -0.505 e. The molecule has 0 aliphatic rings. The summed E-state index contributed by atoms with van der Waals surface area (Å²) in [5.74, 6) is 3.95. The topological polar surface area (TPSA) is 83.3 Å². The van der Waals surface area contributed by atoms with Crippen molar-refractivity contribution in [1.82, 2.24) is 9.97 Å². The van der Waals surface area contributed by atoms with Crippen molar-refractivity contribution in [3.05, 3.63) is 18.2 Å².